The third-order valence-electron chi connectivity index (χ3n) is 5.21. The third-order valence-corrected chi connectivity index (χ3v) is 8.12. The average molecular weight is 547 g/mol. The molecule has 11 heteroatoms. The van der Waals surface area contributed by atoms with E-state index in [9.17, 15) is 13.2 Å². The summed E-state index contributed by atoms with van der Waals surface area (Å²) in [4.78, 5) is 21.6. The minimum absolute atomic E-state index is 0. The van der Waals surface area contributed by atoms with Gasteiger partial charge in [-0.1, -0.05) is 36.8 Å². The van der Waals surface area contributed by atoms with Gasteiger partial charge in [0.15, 0.2) is 15.0 Å². The highest BCUT2D eigenvalue weighted by Gasteiger charge is 2.27. The Hall–Kier alpha value is -1.91. The minimum atomic E-state index is -3.83. The number of carbonyl (C=O) groups excluding carboxylic acids is 1. The lowest BCUT2D eigenvalue weighted by Crippen LogP contribution is -2.41. The number of anilines is 1. The van der Waals surface area contributed by atoms with Gasteiger partial charge < -0.3 is 9.64 Å². The van der Waals surface area contributed by atoms with Crippen molar-refractivity contribution in [2.24, 2.45) is 0 Å². The second-order valence-electron chi connectivity index (χ2n) is 7.34. The Balaban J connectivity index is 0.00000408. The Morgan fingerprint density at radius 3 is 2.35 bits per heavy atom. The highest BCUT2D eigenvalue weighted by molar-refractivity contribution is 7.92. The molecule has 0 bridgehead atoms. The number of halogens is 2. The maximum atomic E-state index is 13.3. The van der Waals surface area contributed by atoms with Crippen molar-refractivity contribution in [2.45, 2.75) is 25.7 Å². The van der Waals surface area contributed by atoms with Crippen LogP contribution in [0.25, 0.3) is 10.2 Å². The lowest BCUT2D eigenvalue weighted by molar-refractivity contribution is -0.116. The summed E-state index contributed by atoms with van der Waals surface area (Å²) >= 11 is 7.22. The molecule has 0 aliphatic carbocycles. The van der Waals surface area contributed by atoms with E-state index in [1.807, 2.05) is 39.0 Å². The number of benzene rings is 2. The van der Waals surface area contributed by atoms with Crippen LogP contribution in [-0.2, 0) is 14.6 Å². The first kappa shape index (κ1) is 28.3. The molecule has 0 atom stereocenters. The van der Waals surface area contributed by atoms with Crippen LogP contribution >= 0.6 is 35.3 Å². The van der Waals surface area contributed by atoms with Crippen LogP contribution in [0.5, 0.6) is 5.75 Å². The molecule has 3 aromatic rings. The predicted octanol–water partition coefficient (Wildman–Crippen LogP) is 4.92. The van der Waals surface area contributed by atoms with Crippen molar-refractivity contribution < 1.29 is 17.9 Å². The van der Waals surface area contributed by atoms with Crippen molar-refractivity contribution in [3.63, 3.8) is 0 Å². The highest BCUT2D eigenvalue weighted by Crippen LogP contribution is 2.32. The van der Waals surface area contributed by atoms with Gasteiger partial charge in [-0.25, -0.2) is 13.4 Å². The van der Waals surface area contributed by atoms with E-state index in [1.165, 1.54) is 40.5 Å². The van der Waals surface area contributed by atoms with Crippen molar-refractivity contribution in [3.8, 4) is 5.75 Å². The zero-order chi connectivity index (χ0) is 24.0. The Morgan fingerprint density at radius 1 is 1.06 bits per heavy atom. The topological polar surface area (TPSA) is 79.8 Å². The normalized spacial score (nSPS) is 11.4. The standard InChI is InChI=1S/C23H28ClN3O4S2.ClH/c1-4-26(5-2)13-14-27(22(28)16-33(29,30)19-10-7-17(24)8-11-19)23-25-20-12-9-18(31-6-3)15-21(20)32-23;/h7-12,15H,4-6,13-14,16H2,1-3H3;1H. The molecular weight excluding hydrogens is 517 g/mol. The molecule has 7 nitrogen and oxygen atoms in total. The lowest BCUT2D eigenvalue weighted by Gasteiger charge is -2.24. The van der Waals surface area contributed by atoms with Crippen LogP contribution in [0.3, 0.4) is 0 Å². The number of likely N-dealkylation sites (N-methyl/N-ethyl adjacent to an activating group) is 1. The number of thiazole rings is 1. The van der Waals surface area contributed by atoms with Crippen molar-refractivity contribution in [1.29, 1.82) is 0 Å². The molecule has 0 aliphatic rings. The third kappa shape index (κ3) is 7.05. The molecule has 0 saturated heterocycles. The quantitative estimate of drug-likeness (QED) is 0.340. The highest BCUT2D eigenvalue weighted by atomic mass is 35.5. The first-order valence-corrected chi connectivity index (χ1v) is 13.7. The molecule has 0 N–H and O–H groups in total. The molecule has 0 fully saturated rings. The molecule has 0 aliphatic heterocycles. The van der Waals surface area contributed by atoms with Crippen LogP contribution in [-0.4, -0.2) is 62.7 Å². The number of aromatic nitrogens is 1. The molecular formula is C23H29Cl2N3O4S2. The average Bonchev–Trinajstić information content (AvgIpc) is 3.20. The smallest absolute Gasteiger partial charge is 0.244 e. The number of nitrogens with zero attached hydrogens (tertiary/aromatic N) is 3. The van der Waals surface area contributed by atoms with Gasteiger partial charge in [-0.15, -0.1) is 12.4 Å². The summed E-state index contributed by atoms with van der Waals surface area (Å²) in [5.74, 6) is -0.430. The zero-order valence-electron chi connectivity index (χ0n) is 19.4. The van der Waals surface area contributed by atoms with E-state index in [0.717, 1.165) is 29.1 Å². The van der Waals surface area contributed by atoms with Gasteiger partial charge in [0.2, 0.25) is 5.91 Å². The minimum Gasteiger partial charge on any atom is -0.494 e. The second-order valence-corrected chi connectivity index (χ2v) is 10.8. The zero-order valence-corrected chi connectivity index (χ0v) is 22.6. The first-order valence-electron chi connectivity index (χ1n) is 10.8. The Labute approximate surface area is 216 Å². The van der Waals surface area contributed by atoms with E-state index in [0.29, 0.717) is 29.9 Å². The number of amides is 1. The van der Waals surface area contributed by atoms with Crippen molar-refractivity contribution in [3.05, 3.63) is 47.5 Å². The van der Waals surface area contributed by atoms with Crippen molar-refractivity contribution >= 4 is 66.4 Å². The molecule has 2 aromatic carbocycles. The molecule has 0 radical (unpaired) electrons. The molecule has 1 heterocycles. The predicted molar refractivity (Wildman–Crippen MR) is 142 cm³/mol. The van der Waals surface area contributed by atoms with Crippen LogP contribution in [0.2, 0.25) is 5.02 Å². The number of hydrogen-bond donors (Lipinski definition) is 0. The monoisotopic (exact) mass is 545 g/mol. The van der Waals surface area contributed by atoms with Gasteiger partial charge in [0.05, 0.1) is 21.7 Å². The molecule has 186 valence electrons. The van der Waals surface area contributed by atoms with Gasteiger partial charge in [0.25, 0.3) is 0 Å². The molecule has 34 heavy (non-hydrogen) atoms. The second kappa shape index (κ2) is 12.7. The Kier molecular flexibility index (Phi) is 10.6. The number of rotatable bonds is 11. The van der Waals surface area contributed by atoms with E-state index >= 15 is 0 Å². The molecule has 1 aromatic heterocycles. The fourth-order valence-corrected chi connectivity index (χ4v) is 5.70. The summed E-state index contributed by atoms with van der Waals surface area (Å²) in [6.45, 7) is 9.18. The number of sulfone groups is 1. The maximum absolute atomic E-state index is 13.3. The number of ether oxygens (including phenoxy) is 1. The van der Waals surface area contributed by atoms with Crippen LogP contribution in [0.4, 0.5) is 5.13 Å². The van der Waals surface area contributed by atoms with E-state index in [4.69, 9.17) is 16.3 Å². The summed E-state index contributed by atoms with van der Waals surface area (Å²) in [6, 6.07) is 11.4. The number of carbonyl (C=O) groups is 1. The molecule has 0 saturated carbocycles. The first-order chi connectivity index (χ1) is 15.8. The Morgan fingerprint density at radius 2 is 1.74 bits per heavy atom. The van der Waals surface area contributed by atoms with Gasteiger partial charge in [-0.05, 0) is 62.5 Å². The molecule has 3 rings (SSSR count). The summed E-state index contributed by atoms with van der Waals surface area (Å²) in [5, 5.41) is 0.907. The van der Waals surface area contributed by atoms with Crippen molar-refractivity contribution in [1.82, 2.24) is 9.88 Å². The summed E-state index contributed by atoms with van der Waals surface area (Å²) in [7, 11) is -3.83. The summed E-state index contributed by atoms with van der Waals surface area (Å²) < 4.78 is 32.2. The van der Waals surface area contributed by atoms with Crippen LogP contribution in [0, 0.1) is 0 Å². The summed E-state index contributed by atoms with van der Waals surface area (Å²) in [5.41, 5.74) is 0.736. The van der Waals surface area contributed by atoms with Gasteiger partial charge in [0, 0.05) is 18.1 Å². The molecule has 1 amide bonds. The van der Waals surface area contributed by atoms with E-state index in [-0.39, 0.29) is 17.3 Å². The molecule has 0 spiro atoms. The van der Waals surface area contributed by atoms with E-state index < -0.39 is 21.5 Å². The largest absolute Gasteiger partial charge is 0.494 e. The fourth-order valence-electron chi connectivity index (χ4n) is 3.34. The van der Waals surface area contributed by atoms with E-state index in [2.05, 4.69) is 9.88 Å². The van der Waals surface area contributed by atoms with Gasteiger partial charge in [-0.3, -0.25) is 9.69 Å². The number of fused-ring (bicyclic) bond motifs is 1. The SMILES string of the molecule is CCOc1ccc2nc(N(CCN(CC)CC)C(=O)CS(=O)(=O)c3ccc(Cl)cc3)sc2c1.Cl. The van der Waals surface area contributed by atoms with Crippen molar-refractivity contribution in [2.75, 3.05) is 43.4 Å². The maximum Gasteiger partial charge on any atom is 0.244 e. The Bertz CT molecular complexity index is 1200. The van der Waals surface area contributed by atoms with E-state index in [1.54, 1.807) is 0 Å². The van der Waals surface area contributed by atoms with Gasteiger partial charge in [-0.2, -0.15) is 0 Å². The van der Waals surface area contributed by atoms with Crippen LogP contribution in [0.15, 0.2) is 47.4 Å². The summed E-state index contributed by atoms with van der Waals surface area (Å²) in [6.07, 6.45) is 0. The van der Waals surface area contributed by atoms with Crippen LogP contribution < -0.4 is 9.64 Å². The molecule has 0 unspecified atom stereocenters. The fraction of sp³-hybridized carbons (Fsp3) is 0.391. The van der Waals surface area contributed by atoms with Gasteiger partial charge >= 0.3 is 0 Å². The van der Waals surface area contributed by atoms with Crippen LogP contribution in [0.1, 0.15) is 20.8 Å². The number of hydrogen-bond acceptors (Lipinski definition) is 7. The lowest BCUT2D eigenvalue weighted by atomic mass is 10.3. The van der Waals surface area contributed by atoms with Gasteiger partial charge in [0.1, 0.15) is 11.5 Å².